The van der Waals surface area contributed by atoms with Crippen LogP contribution in [0.3, 0.4) is 0 Å². The summed E-state index contributed by atoms with van der Waals surface area (Å²) in [6.45, 7) is 0.841. The van der Waals surface area contributed by atoms with E-state index in [-0.39, 0.29) is 0 Å². The summed E-state index contributed by atoms with van der Waals surface area (Å²) >= 11 is 0. The molecule has 1 aromatic carbocycles. The van der Waals surface area contributed by atoms with E-state index in [2.05, 4.69) is 0 Å². The monoisotopic (exact) mass is 255 g/mol. The fourth-order valence-corrected chi connectivity index (χ4v) is 2.11. The SMILES string of the molecule is CN(Cc1ccc(F)c(F)c1)CC1(C(=O)O)CC1. The molecule has 1 saturated carbocycles. The molecule has 0 bridgehead atoms. The molecule has 18 heavy (non-hydrogen) atoms. The number of hydrogen-bond donors (Lipinski definition) is 1. The number of nitrogens with zero attached hydrogens (tertiary/aromatic N) is 1. The zero-order valence-corrected chi connectivity index (χ0v) is 10.1. The Hall–Kier alpha value is -1.49. The van der Waals surface area contributed by atoms with Gasteiger partial charge in [-0.25, -0.2) is 8.78 Å². The van der Waals surface area contributed by atoms with Gasteiger partial charge in [-0.2, -0.15) is 0 Å². The molecule has 0 heterocycles. The van der Waals surface area contributed by atoms with Crippen molar-refractivity contribution >= 4 is 5.97 Å². The molecule has 1 aromatic rings. The Kier molecular flexibility index (Phi) is 3.34. The largest absolute Gasteiger partial charge is 0.481 e. The Bertz CT molecular complexity index is 472. The van der Waals surface area contributed by atoms with Crippen LogP contribution in [0, 0.1) is 17.0 Å². The van der Waals surface area contributed by atoms with Crippen LogP contribution in [0.5, 0.6) is 0 Å². The van der Waals surface area contributed by atoms with Gasteiger partial charge in [0.2, 0.25) is 0 Å². The highest BCUT2D eigenvalue weighted by molar-refractivity contribution is 5.78. The van der Waals surface area contributed by atoms with Crippen molar-refractivity contribution in [3.8, 4) is 0 Å². The molecule has 0 saturated heterocycles. The maximum Gasteiger partial charge on any atom is 0.310 e. The zero-order valence-electron chi connectivity index (χ0n) is 10.1. The summed E-state index contributed by atoms with van der Waals surface area (Å²) in [7, 11) is 1.78. The van der Waals surface area contributed by atoms with Crippen LogP contribution < -0.4 is 0 Å². The van der Waals surface area contributed by atoms with Gasteiger partial charge in [-0.05, 0) is 37.6 Å². The van der Waals surface area contributed by atoms with Gasteiger partial charge in [0.15, 0.2) is 11.6 Å². The molecule has 1 fully saturated rings. The van der Waals surface area contributed by atoms with E-state index in [1.807, 2.05) is 4.90 Å². The van der Waals surface area contributed by atoms with Crippen molar-refractivity contribution < 1.29 is 18.7 Å². The van der Waals surface area contributed by atoms with Gasteiger partial charge < -0.3 is 10.0 Å². The van der Waals surface area contributed by atoms with Crippen molar-refractivity contribution in [2.75, 3.05) is 13.6 Å². The number of carboxylic acids is 1. The van der Waals surface area contributed by atoms with Crippen molar-refractivity contribution in [1.82, 2.24) is 4.90 Å². The second kappa shape index (κ2) is 4.65. The Labute approximate surface area is 104 Å². The Morgan fingerprint density at radius 3 is 2.56 bits per heavy atom. The molecule has 3 nitrogen and oxygen atoms in total. The number of carbonyl (C=O) groups is 1. The van der Waals surface area contributed by atoms with Gasteiger partial charge in [-0.3, -0.25) is 4.79 Å². The molecular formula is C13H15F2NO2. The number of aliphatic carboxylic acids is 1. The Morgan fingerprint density at radius 2 is 2.06 bits per heavy atom. The van der Waals surface area contributed by atoms with E-state index in [1.165, 1.54) is 6.07 Å². The van der Waals surface area contributed by atoms with Gasteiger partial charge in [-0.1, -0.05) is 6.07 Å². The third-order valence-corrected chi connectivity index (χ3v) is 3.32. The lowest BCUT2D eigenvalue weighted by Gasteiger charge is -2.20. The second-order valence-electron chi connectivity index (χ2n) is 5.01. The molecule has 1 aliphatic carbocycles. The maximum atomic E-state index is 13.0. The molecule has 0 atom stereocenters. The van der Waals surface area contributed by atoms with Crippen molar-refractivity contribution in [2.24, 2.45) is 5.41 Å². The number of halogens is 2. The third-order valence-electron chi connectivity index (χ3n) is 3.32. The Morgan fingerprint density at radius 1 is 1.39 bits per heavy atom. The lowest BCUT2D eigenvalue weighted by molar-refractivity contribution is -0.144. The standard InChI is InChI=1S/C13H15F2NO2/c1-16(8-13(4-5-13)12(17)18)7-9-2-3-10(14)11(15)6-9/h2-3,6H,4-5,7-8H2,1H3,(H,17,18). The van der Waals surface area contributed by atoms with Gasteiger partial charge in [0.05, 0.1) is 5.41 Å². The lowest BCUT2D eigenvalue weighted by Crippen LogP contribution is -2.31. The van der Waals surface area contributed by atoms with Gasteiger partial charge in [0, 0.05) is 13.1 Å². The Balaban J connectivity index is 1.97. The van der Waals surface area contributed by atoms with E-state index in [4.69, 9.17) is 5.11 Å². The fraction of sp³-hybridized carbons (Fsp3) is 0.462. The molecule has 0 aliphatic heterocycles. The average Bonchev–Trinajstić information content (AvgIpc) is 3.04. The van der Waals surface area contributed by atoms with Crippen molar-refractivity contribution in [2.45, 2.75) is 19.4 Å². The van der Waals surface area contributed by atoms with Crippen LogP contribution in [-0.2, 0) is 11.3 Å². The van der Waals surface area contributed by atoms with Gasteiger partial charge in [0.1, 0.15) is 0 Å². The molecular weight excluding hydrogens is 240 g/mol. The summed E-state index contributed by atoms with van der Waals surface area (Å²) in [4.78, 5) is 12.9. The fourth-order valence-electron chi connectivity index (χ4n) is 2.11. The van der Waals surface area contributed by atoms with E-state index in [1.54, 1.807) is 7.05 Å². The van der Waals surface area contributed by atoms with Crippen LogP contribution in [0.25, 0.3) is 0 Å². The minimum Gasteiger partial charge on any atom is -0.481 e. The first-order valence-corrected chi connectivity index (χ1v) is 5.79. The van der Waals surface area contributed by atoms with Gasteiger partial charge in [0.25, 0.3) is 0 Å². The molecule has 2 rings (SSSR count). The predicted molar refractivity (Wildman–Crippen MR) is 62.0 cm³/mol. The smallest absolute Gasteiger partial charge is 0.310 e. The number of hydrogen-bond acceptors (Lipinski definition) is 2. The highest BCUT2D eigenvalue weighted by Gasteiger charge is 2.50. The van der Waals surface area contributed by atoms with Crippen LogP contribution in [0.1, 0.15) is 18.4 Å². The van der Waals surface area contributed by atoms with Crippen LogP contribution in [0.4, 0.5) is 8.78 Å². The molecule has 98 valence electrons. The van der Waals surface area contributed by atoms with Gasteiger partial charge >= 0.3 is 5.97 Å². The van der Waals surface area contributed by atoms with E-state index in [0.29, 0.717) is 31.5 Å². The first-order valence-electron chi connectivity index (χ1n) is 5.79. The number of carboxylic acid groups (broad SMARTS) is 1. The highest BCUT2D eigenvalue weighted by Crippen LogP contribution is 2.46. The molecule has 0 aromatic heterocycles. The van der Waals surface area contributed by atoms with Crippen molar-refractivity contribution in [3.05, 3.63) is 35.4 Å². The minimum atomic E-state index is -0.875. The van der Waals surface area contributed by atoms with Crippen LogP contribution in [-0.4, -0.2) is 29.6 Å². The lowest BCUT2D eigenvalue weighted by atomic mass is 10.1. The first kappa shape index (κ1) is 13.0. The molecule has 1 aliphatic rings. The molecule has 0 radical (unpaired) electrons. The second-order valence-corrected chi connectivity index (χ2v) is 5.01. The maximum absolute atomic E-state index is 13.0. The summed E-state index contributed by atoms with van der Waals surface area (Å²) in [6, 6.07) is 3.74. The topological polar surface area (TPSA) is 40.5 Å². The summed E-state index contributed by atoms with van der Waals surface area (Å²) in [5.74, 6) is -2.52. The van der Waals surface area contributed by atoms with E-state index < -0.39 is 23.0 Å². The first-order chi connectivity index (χ1) is 8.43. The summed E-state index contributed by atoms with van der Waals surface area (Å²) < 4.78 is 25.8. The number of benzene rings is 1. The van der Waals surface area contributed by atoms with Crippen molar-refractivity contribution in [1.29, 1.82) is 0 Å². The van der Waals surface area contributed by atoms with Crippen LogP contribution in [0.15, 0.2) is 18.2 Å². The van der Waals surface area contributed by atoms with Crippen LogP contribution in [0.2, 0.25) is 0 Å². The molecule has 5 heteroatoms. The van der Waals surface area contributed by atoms with Crippen LogP contribution >= 0.6 is 0 Å². The predicted octanol–water partition coefficient (Wildman–Crippen LogP) is 2.26. The van der Waals surface area contributed by atoms with E-state index >= 15 is 0 Å². The van der Waals surface area contributed by atoms with Crippen molar-refractivity contribution in [3.63, 3.8) is 0 Å². The average molecular weight is 255 g/mol. The molecule has 1 N–H and O–H groups in total. The summed E-state index contributed by atoms with van der Waals surface area (Å²) in [6.07, 6.45) is 1.37. The molecule has 0 amide bonds. The van der Waals surface area contributed by atoms with Gasteiger partial charge in [-0.15, -0.1) is 0 Å². The minimum absolute atomic E-state index is 0.409. The zero-order chi connectivity index (χ0) is 13.3. The third kappa shape index (κ3) is 2.67. The summed E-state index contributed by atoms with van der Waals surface area (Å²) in [5.41, 5.74) is 0.00503. The number of rotatable bonds is 5. The van der Waals surface area contributed by atoms with E-state index in [9.17, 15) is 13.6 Å². The highest BCUT2D eigenvalue weighted by atomic mass is 19.2. The quantitative estimate of drug-likeness (QED) is 0.877. The summed E-state index contributed by atoms with van der Waals surface area (Å²) in [5, 5.41) is 9.06. The molecule has 0 unspecified atom stereocenters. The molecule has 0 spiro atoms. The normalized spacial score (nSPS) is 16.9. The van der Waals surface area contributed by atoms with E-state index in [0.717, 1.165) is 12.1 Å².